The maximum atomic E-state index is 11.8. The van der Waals surface area contributed by atoms with Gasteiger partial charge in [0.1, 0.15) is 5.75 Å². The summed E-state index contributed by atoms with van der Waals surface area (Å²) in [7, 11) is 0. The fraction of sp³-hybridized carbons (Fsp3) is 0.636. The maximum Gasteiger partial charge on any atom is 0.407 e. The first kappa shape index (κ1) is 21.4. The third-order valence-electron chi connectivity index (χ3n) is 5.34. The van der Waals surface area contributed by atoms with Gasteiger partial charge in [-0.2, -0.15) is 0 Å². The molecule has 2 aliphatic heterocycles. The molecule has 3 rings (SSSR count). The number of amides is 2. The van der Waals surface area contributed by atoms with E-state index in [9.17, 15) is 9.59 Å². The number of nitrogens with zero attached hydrogens (tertiary/aromatic N) is 1. The van der Waals surface area contributed by atoms with Crippen LogP contribution in [0.25, 0.3) is 0 Å². The summed E-state index contributed by atoms with van der Waals surface area (Å²) in [6.07, 6.45) is 3.80. The van der Waals surface area contributed by atoms with E-state index in [4.69, 9.17) is 9.47 Å². The molecule has 2 amide bonds. The molecule has 2 N–H and O–H groups in total. The Balaban J connectivity index is 1.32. The van der Waals surface area contributed by atoms with E-state index in [1.165, 1.54) is 0 Å². The summed E-state index contributed by atoms with van der Waals surface area (Å²) in [5.74, 6) is 1.30. The second kappa shape index (κ2) is 10.5. The number of ether oxygens (including phenoxy) is 2. The monoisotopic (exact) mass is 403 g/mol. The van der Waals surface area contributed by atoms with Gasteiger partial charge in [-0.1, -0.05) is 19.9 Å². The molecule has 0 saturated carbocycles. The number of hydrogen-bond donors (Lipinski definition) is 2. The van der Waals surface area contributed by atoms with Crippen LogP contribution in [0.4, 0.5) is 10.5 Å². The molecule has 29 heavy (non-hydrogen) atoms. The number of piperidine rings is 1. The van der Waals surface area contributed by atoms with Crippen molar-refractivity contribution in [2.45, 2.75) is 52.0 Å². The molecular weight excluding hydrogens is 370 g/mol. The lowest BCUT2D eigenvalue weighted by molar-refractivity contribution is -0.116. The molecule has 0 spiro atoms. The average molecular weight is 404 g/mol. The molecule has 7 nitrogen and oxygen atoms in total. The summed E-state index contributed by atoms with van der Waals surface area (Å²) in [5.41, 5.74) is 1.98. The predicted molar refractivity (Wildman–Crippen MR) is 112 cm³/mol. The number of rotatable bonds is 8. The van der Waals surface area contributed by atoms with Crippen molar-refractivity contribution < 1.29 is 19.1 Å². The number of fused-ring (bicyclic) bond motifs is 1. The first-order valence-corrected chi connectivity index (χ1v) is 10.7. The maximum absolute atomic E-state index is 11.8. The van der Waals surface area contributed by atoms with Gasteiger partial charge in [0.2, 0.25) is 5.91 Å². The van der Waals surface area contributed by atoms with Crippen LogP contribution in [0, 0.1) is 5.92 Å². The Morgan fingerprint density at radius 3 is 2.83 bits per heavy atom. The lowest BCUT2D eigenvalue weighted by Crippen LogP contribution is -2.45. The molecule has 1 saturated heterocycles. The van der Waals surface area contributed by atoms with Crippen molar-refractivity contribution in [3.8, 4) is 5.75 Å². The van der Waals surface area contributed by atoms with Gasteiger partial charge in [0, 0.05) is 43.3 Å². The van der Waals surface area contributed by atoms with Gasteiger partial charge in [-0.05, 0) is 43.7 Å². The van der Waals surface area contributed by atoms with E-state index >= 15 is 0 Å². The van der Waals surface area contributed by atoms with Gasteiger partial charge in [0.05, 0.1) is 13.2 Å². The molecule has 0 radical (unpaired) electrons. The van der Waals surface area contributed by atoms with Gasteiger partial charge in [0.15, 0.2) is 0 Å². The van der Waals surface area contributed by atoms with Gasteiger partial charge in [-0.15, -0.1) is 0 Å². The van der Waals surface area contributed by atoms with E-state index in [0.717, 1.165) is 62.3 Å². The lowest BCUT2D eigenvalue weighted by atomic mass is 10.0. The number of benzene rings is 1. The highest BCUT2D eigenvalue weighted by atomic mass is 16.5. The number of nitrogens with one attached hydrogen (secondary N) is 2. The van der Waals surface area contributed by atoms with Crippen LogP contribution in [0.1, 0.15) is 45.1 Å². The van der Waals surface area contributed by atoms with Gasteiger partial charge >= 0.3 is 6.09 Å². The summed E-state index contributed by atoms with van der Waals surface area (Å²) in [4.78, 5) is 25.7. The zero-order chi connectivity index (χ0) is 20.6. The molecule has 0 aromatic heterocycles. The van der Waals surface area contributed by atoms with Gasteiger partial charge in [0.25, 0.3) is 0 Å². The second-order valence-corrected chi connectivity index (χ2v) is 8.29. The highest BCUT2D eigenvalue weighted by Gasteiger charge is 2.21. The minimum absolute atomic E-state index is 0.0701. The van der Waals surface area contributed by atoms with Crippen molar-refractivity contribution in [1.29, 1.82) is 0 Å². The van der Waals surface area contributed by atoms with Crippen molar-refractivity contribution >= 4 is 17.7 Å². The number of carbonyl (C=O) groups is 2. The van der Waals surface area contributed by atoms with Crippen LogP contribution >= 0.6 is 0 Å². The van der Waals surface area contributed by atoms with Gasteiger partial charge in [-0.25, -0.2) is 4.79 Å². The van der Waals surface area contributed by atoms with Crippen LogP contribution in [0.5, 0.6) is 5.75 Å². The Bertz CT molecular complexity index is 699. The number of alkyl carbamates (subject to hydrolysis) is 1. The van der Waals surface area contributed by atoms with Crippen molar-refractivity contribution in [2.75, 3.05) is 38.2 Å². The Kier molecular flexibility index (Phi) is 7.75. The standard InChI is InChI=1S/C22H33N3O4/c1-16(2)15-29-22(27)23-17-9-12-25(13-10-17)11-4-14-28-20-6-3-5-19-18(20)7-8-21(26)24-19/h3,5-6,16-17H,4,7-15H2,1-2H3,(H,23,27)(H,24,26). The molecule has 0 unspecified atom stereocenters. The van der Waals surface area contributed by atoms with E-state index in [1.807, 2.05) is 32.0 Å². The average Bonchev–Trinajstić information content (AvgIpc) is 2.70. The van der Waals surface area contributed by atoms with Crippen molar-refractivity contribution in [3.63, 3.8) is 0 Å². The summed E-state index contributed by atoms with van der Waals surface area (Å²) >= 11 is 0. The Labute approximate surface area is 173 Å². The van der Waals surface area contributed by atoms with Crippen LogP contribution in [0.3, 0.4) is 0 Å². The van der Waals surface area contributed by atoms with Crippen LogP contribution in [0.2, 0.25) is 0 Å². The van der Waals surface area contributed by atoms with Crippen molar-refractivity contribution in [2.24, 2.45) is 5.92 Å². The summed E-state index contributed by atoms with van der Waals surface area (Å²) in [6.45, 7) is 8.10. The quantitative estimate of drug-likeness (QED) is 0.652. The number of likely N-dealkylation sites (tertiary alicyclic amines) is 1. The highest BCUT2D eigenvalue weighted by molar-refractivity contribution is 5.94. The third-order valence-corrected chi connectivity index (χ3v) is 5.34. The first-order valence-electron chi connectivity index (χ1n) is 10.7. The molecule has 2 heterocycles. The van der Waals surface area contributed by atoms with Crippen LogP contribution in [-0.4, -0.2) is 55.8 Å². The normalized spacial score (nSPS) is 17.6. The Morgan fingerprint density at radius 1 is 1.28 bits per heavy atom. The van der Waals surface area contributed by atoms with E-state index in [-0.39, 0.29) is 18.0 Å². The second-order valence-electron chi connectivity index (χ2n) is 8.29. The minimum atomic E-state index is -0.298. The predicted octanol–water partition coefficient (Wildman–Crippen LogP) is 3.19. The van der Waals surface area contributed by atoms with E-state index in [0.29, 0.717) is 25.6 Å². The van der Waals surface area contributed by atoms with Crippen LogP contribution < -0.4 is 15.4 Å². The van der Waals surface area contributed by atoms with E-state index in [2.05, 4.69) is 15.5 Å². The zero-order valence-corrected chi connectivity index (χ0v) is 17.5. The van der Waals surface area contributed by atoms with Crippen LogP contribution in [-0.2, 0) is 16.0 Å². The molecule has 160 valence electrons. The molecule has 0 atom stereocenters. The van der Waals surface area contributed by atoms with Gasteiger partial charge < -0.3 is 25.0 Å². The molecule has 0 bridgehead atoms. The molecule has 1 aromatic carbocycles. The van der Waals surface area contributed by atoms with E-state index < -0.39 is 0 Å². The van der Waals surface area contributed by atoms with Crippen molar-refractivity contribution in [3.05, 3.63) is 23.8 Å². The zero-order valence-electron chi connectivity index (χ0n) is 17.5. The Hall–Kier alpha value is -2.28. The van der Waals surface area contributed by atoms with Gasteiger partial charge in [-0.3, -0.25) is 4.79 Å². The largest absolute Gasteiger partial charge is 0.493 e. The fourth-order valence-corrected chi connectivity index (χ4v) is 3.75. The summed E-state index contributed by atoms with van der Waals surface area (Å²) in [6, 6.07) is 6.03. The lowest BCUT2D eigenvalue weighted by Gasteiger charge is -2.32. The highest BCUT2D eigenvalue weighted by Crippen LogP contribution is 2.31. The number of anilines is 1. The third kappa shape index (κ3) is 6.63. The SMILES string of the molecule is CC(C)COC(=O)NC1CCN(CCCOc2cccc3c2CCC(=O)N3)CC1. The number of carbonyl (C=O) groups excluding carboxylic acids is 2. The first-order chi connectivity index (χ1) is 14.0. The Morgan fingerprint density at radius 2 is 2.07 bits per heavy atom. The number of hydrogen-bond acceptors (Lipinski definition) is 5. The topological polar surface area (TPSA) is 79.9 Å². The molecule has 2 aliphatic rings. The molecule has 1 fully saturated rings. The molecule has 1 aromatic rings. The van der Waals surface area contributed by atoms with Crippen molar-refractivity contribution in [1.82, 2.24) is 10.2 Å². The molecular formula is C22H33N3O4. The smallest absolute Gasteiger partial charge is 0.407 e. The molecule has 0 aliphatic carbocycles. The fourth-order valence-electron chi connectivity index (χ4n) is 3.75. The minimum Gasteiger partial charge on any atom is -0.493 e. The van der Waals surface area contributed by atoms with Crippen LogP contribution in [0.15, 0.2) is 18.2 Å². The van der Waals surface area contributed by atoms with E-state index in [1.54, 1.807) is 0 Å². The summed E-state index contributed by atoms with van der Waals surface area (Å²) < 4.78 is 11.2. The summed E-state index contributed by atoms with van der Waals surface area (Å²) in [5, 5.41) is 5.88. The molecule has 7 heteroatoms.